The van der Waals surface area contributed by atoms with Crippen LogP contribution < -0.4 is 5.32 Å². The Morgan fingerprint density at radius 1 is 1.21 bits per heavy atom. The van der Waals surface area contributed by atoms with Gasteiger partial charge in [-0.25, -0.2) is 0 Å². The third kappa shape index (κ3) is 4.26. The molecule has 0 spiro atoms. The van der Waals surface area contributed by atoms with Crippen molar-refractivity contribution in [1.29, 1.82) is 0 Å². The molecule has 0 saturated heterocycles. The molecular formula is C14H14ClNO2S. The topological polar surface area (TPSA) is 38.3 Å². The minimum Gasteiger partial charge on any atom is -0.469 e. The zero-order valence-electron chi connectivity index (χ0n) is 10.5. The largest absolute Gasteiger partial charge is 0.469 e. The molecule has 0 unspecified atom stereocenters. The number of hydrogen-bond donors (Lipinski definition) is 1. The number of benzene rings is 1. The minimum absolute atomic E-state index is 0.209. The normalized spacial score (nSPS) is 10.2. The summed E-state index contributed by atoms with van der Waals surface area (Å²) in [5.74, 6) is -0.209. The fourth-order valence-corrected chi connectivity index (χ4v) is 2.65. The van der Waals surface area contributed by atoms with Crippen molar-refractivity contribution in [3.8, 4) is 0 Å². The van der Waals surface area contributed by atoms with E-state index in [0.29, 0.717) is 6.42 Å². The second kappa shape index (κ2) is 6.59. The smallest absolute Gasteiger partial charge is 0.310 e. The molecule has 1 aromatic carbocycles. The number of rotatable bonds is 5. The highest BCUT2D eigenvalue weighted by atomic mass is 35.5. The zero-order valence-corrected chi connectivity index (χ0v) is 12.1. The van der Waals surface area contributed by atoms with Crippen LogP contribution in [0.15, 0.2) is 36.4 Å². The molecule has 0 radical (unpaired) electrons. The van der Waals surface area contributed by atoms with Crippen LogP contribution in [0.2, 0.25) is 5.02 Å². The van der Waals surface area contributed by atoms with Crippen LogP contribution in [0, 0.1) is 0 Å². The van der Waals surface area contributed by atoms with Crippen molar-refractivity contribution in [2.24, 2.45) is 0 Å². The van der Waals surface area contributed by atoms with Crippen LogP contribution in [-0.2, 0) is 22.5 Å². The molecule has 2 aromatic rings. The van der Waals surface area contributed by atoms with Crippen LogP contribution in [0.1, 0.15) is 9.75 Å². The lowest BCUT2D eigenvalue weighted by Gasteiger charge is -2.04. The summed E-state index contributed by atoms with van der Waals surface area (Å²) in [6, 6.07) is 11.5. The molecule has 2 rings (SSSR count). The summed E-state index contributed by atoms with van der Waals surface area (Å²) in [5, 5.41) is 4.03. The number of thiophene rings is 1. The second-order valence-corrected chi connectivity index (χ2v) is 5.67. The lowest BCUT2D eigenvalue weighted by atomic mass is 10.3. The van der Waals surface area contributed by atoms with Gasteiger partial charge in [0.2, 0.25) is 0 Å². The Bertz CT molecular complexity index is 551. The van der Waals surface area contributed by atoms with Gasteiger partial charge in [0.15, 0.2) is 0 Å². The molecule has 1 aromatic heterocycles. The molecule has 0 fully saturated rings. The van der Waals surface area contributed by atoms with E-state index in [2.05, 4.69) is 10.1 Å². The van der Waals surface area contributed by atoms with E-state index < -0.39 is 0 Å². The maximum absolute atomic E-state index is 11.2. The molecule has 1 N–H and O–H groups in total. The van der Waals surface area contributed by atoms with Gasteiger partial charge in [0.05, 0.1) is 13.5 Å². The molecule has 5 heteroatoms. The summed E-state index contributed by atoms with van der Waals surface area (Å²) in [6.45, 7) is 0.730. The number of halogens is 1. The summed E-state index contributed by atoms with van der Waals surface area (Å²) < 4.78 is 4.64. The first kappa shape index (κ1) is 13.9. The number of anilines is 1. The molecule has 0 amide bonds. The third-order valence-electron chi connectivity index (χ3n) is 2.57. The lowest BCUT2D eigenvalue weighted by Crippen LogP contribution is -2.02. The monoisotopic (exact) mass is 295 g/mol. The quantitative estimate of drug-likeness (QED) is 0.854. The predicted octanol–water partition coefficient (Wildman–Crippen LogP) is 3.73. The predicted molar refractivity (Wildman–Crippen MR) is 78.8 cm³/mol. The molecule has 0 aliphatic rings. The van der Waals surface area contributed by atoms with E-state index in [1.165, 1.54) is 12.0 Å². The molecule has 19 heavy (non-hydrogen) atoms. The Kier molecular flexibility index (Phi) is 4.82. The average Bonchev–Trinajstić information content (AvgIpc) is 2.85. The van der Waals surface area contributed by atoms with Crippen LogP contribution in [0.3, 0.4) is 0 Å². The molecular weight excluding hydrogens is 282 g/mol. The first-order valence-electron chi connectivity index (χ1n) is 5.81. The van der Waals surface area contributed by atoms with E-state index in [-0.39, 0.29) is 5.97 Å². The summed E-state index contributed by atoms with van der Waals surface area (Å²) >= 11 is 7.43. The van der Waals surface area contributed by atoms with Crippen molar-refractivity contribution in [1.82, 2.24) is 0 Å². The Morgan fingerprint density at radius 3 is 2.58 bits per heavy atom. The van der Waals surface area contributed by atoms with Gasteiger partial charge < -0.3 is 10.1 Å². The number of esters is 1. The molecule has 0 saturated carbocycles. The number of ether oxygens (including phenoxy) is 1. The molecule has 0 aliphatic heterocycles. The van der Waals surface area contributed by atoms with E-state index in [1.54, 1.807) is 11.3 Å². The maximum Gasteiger partial charge on any atom is 0.310 e. The standard InChI is InChI=1S/C14H14ClNO2S/c1-18-14(17)8-12-6-7-13(19-12)9-16-11-4-2-10(15)3-5-11/h2-7,16H,8-9H2,1H3. The Hall–Kier alpha value is -1.52. The number of carbonyl (C=O) groups is 1. The SMILES string of the molecule is COC(=O)Cc1ccc(CNc2ccc(Cl)cc2)s1. The van der Waals surface area contributed by atoms with Gasteiger partial charge in [0.25, 0.3) is 0 Å². The first-order chi connectivity index (χ1) is 9.17. The fourth-order valence-electron chi connectivity index (χ4n) is 1.58. The molecule has 0 aliphatic carbocycles. The number of methoxy groups -OCH3 is 1. The van der Waals surface area contributed by atoms with Gasteiger partial charge in [0.1, 0.15) is 0 Å². The van der Waals surface area contributed by atoms with E-state index >= 15 is 0 Å². The number of hydrogen-bond acceptors (Lipinski definition) is 4. The highest BCUT2D eigenvalue weighted by Gasteiger charge is 2.06. The Morgan fingerprint density at radius 2 is 1.89 bits per heavy atom. The van der Waals surface area contributed by atoms with Gasteiger partial charge in [-0.05, 0) is 36.4 Å². The molecule has 0 bridgehead atoms. The van der Waals surface area contributed by atoms with Gasteiger partial charge in [-0.15, -0.1) is 11.3 Å². The van der Waals surface area contributed by atoms with E-state index in [0.717, 1.165) is 22.1 Å². The van der Waals surface area contributed by atoms with Crippen LogP contribution in [-0.4, -0.2) is 13.1 Å². The van der Waals surface area contributed by atoms with Crippen LogP contribution in [0.25, 0.3) is 0 Å². The molecule has 100 valence electrons. The van der Waals surface area contributed by atoms with Gasteiger partial charge in [-0.2, -0.15) is 0 Å². The van der Waals surface area contributed by atoms with Gasteiger partial charge in [-0.3, -0.25) is 4.79 Å². The van der Waals surface area contributed by atoms with Gasteiger partial charge in [0, 0.05) is 27.0 Å². The number of nitrogens with one attached hydrogen (secondary N) is 1. The summed E-state index contributed by atoms with van der Waals surface area (Å²) in [5.41, 5.74) is 1.02. The molecule has 1 heterocycles. The second-order valence-electron chi connectivity index (χ2n) is 3.98. The fraction of sp³-hybridized carbons (Fsp3) is 0.214. The van der Waals surface area contributed by atoms with Crippen LogP contribution >= 0.6 is 22.9 Å². The lowest BCUT2D eigenvalue weighted by molar-refractivity contribution is -0.139. The van der Waals surface area contributed by atoms with Crippen molar-refractivity contribution in [3.05, 3.63) is 51.2 Å². The summed E-state index contributed by atoms with van der Waals surface area (Å²) in [6.07, 6.45) is 0.335. The van der Waals surface area contributed by atoms with Crippen molar-refractivity contribution in [2.45, 2.75) is 13.0 Å². The maximum atomic E-state index is 11.2. The van der Waals surface area contributed by atoms with E-state index in [9.17, 15) is 4.79 Å². The van der Waals surface area contributed by atoms with Crippen LogP contribution in [0.5, 0.6) is 0 Å². The molecule has 0 atom stereocenters. The van der Waals surface area contributed by atoms with Gasteiger partial charge in [-0.1, -0.05) is 11.6 Å². The highest BCUT2D eigenvalue weighted by molar-refractivity contribution is 7.12. The molecule has 3 nitrogen and oxygen atoms in total. The van der Waals surface area contributed by atoms with Crippen molar-refractivity contribution < 1.29 is 9.53 Å². The Labute approximate surface area is 121 Å². The van der Waals surface area contributed by atoms with Gasteiger partial charge >= 0.3 is 5.97 Å². The van der Waals surface area contributed by atoms with E-state index in [4.69, 9.17) is 11.6 Å². The van der Waals surface area contributed by atoms with Crippen molar-refractivity contribution in [2.75, 3.05) is 12.4 Å². The average molecular weight is 296 g/mol. The van der Waals surface area contributed by atoms with Crippen LogP contribution in [0.4, 0.5) is 5.69 Å². The zero-order chi connectivity index (χ0) is 13.7. The van der Waals surface area contributed by atoms with Crippen molar-refractivity contribution in [3.63, 3.8) is 0 Å². The van der Waals surface area contributed by atoms with Crippen molar-refractivity contribution >= 4 is 34.6 Å². The summed E-state index contributed by atoms with van der Waals surface area (Å²) in [7, 11) is 1.40. The summed E-state index contributed by atoms with van der Waals surface area (Å²) in [4.78, 5) is 13.3. The third-order valence-corrected chi connectivity index (χ3v) is 3.91. The minimum atomic E-state index is -0.209. The van der Waals surface area contributed by atoms with E-state index in [1.807, 2.05) is 36.4 Å². The number of carbonyl (C=O) groups excluding carboxylic acids is 1. The Balaban J connectivity index is 1.89. The first-order valence-corrected chi connectivity index (χ1v) is 7.00. The highest BCUT2D eigenvalue weighted by Crippen LogP contribution is 2.20.